The first-order valence-electron chi connectivity index (χ1n) is 10.7. The Morgan fingerprint density at radius 1 is 0.853 bits per heavy atom. The summed E-state index contributed by atoms with van der Waals surface area (Å²) in [7, 11) is 4.62. The molecule has 7 nitrogen and oxygen atoms in total. The first kappa shape index (κ1) is 22.9. The number of pyridine rings is 1. The van der Waals surface area contributed by atoms with Gasteiger partial charge in [0.1, 0.15) is 17.2 Å². The minimum Gasteiger partial charge on any atom is -0.497 e. The molecule has 1 aromatic heterocycles. The maximum absolute atomic E-state index is 13.8. The summed E-state index contributed by atoms with van der Waals surface area (Å²) in [6.07, 6.45) is 0. The first-order chi connectivity index (χ1) is 16.4. The number of H-pyrrole nitrogens is 1. The number of anilines is 1. The molecule has 1 N–H and O–H groups in total. The smallest absolute Gasteiger partial charge is 0.258 e. The summed E-state index contributed by atoms with van der Waals surface area (Å²) in [5.41, 5.74) is 3.00. The topological polar surface area (TPSA) is 80.9 Å². The minimum absolute atomic E-state index is 0.0603. The third-order valence-electron chi connectivity index (χ3n) is 5.61. The summed E-state index contributed by atoms with van der Waals surface area (Å²) in [4.78, 5) is 31.2. The monoisotopic (exact) mass is 458 g/mol. The van der Waals surface area contributed by atoms with Crippen molar-refractivity contribution in [1.82, 2.24) is 4.98 Å². The van der Waals surface area contributed by atoms with Crippen molar-refractivity contribution in [3.63, 3.8) is 0 Å². The number of carbonyl (C=O) groups is 1. The van der Waals surface area contributed by atoms with Crippen LogP contribution in [0.2, 0.25) is 0 Å². The number of amides is 1. The van der Waals surface area contributed by atoms with E-state index >= 15 is 0 Å². The number of carbonyl (C=O) groups excluding carboxylic acids is 1. The van der Waals surface area contributed by atoms with Crippen molar-refractivity contribution >= 4 is 22.5 Å². The van der Waals surface area contributed by atoms with Gasteiger partial charge in [-0.2, -0.15) is 0 Å². The molecule has 0 spiro atoms. The average Bonchev–Trinajstić information content (AvgIpc) is 2.86. The molecule has 174 valence electrons. The highest BCUT2D eigenvalue weighted by Crippen LogP contribution is 2.28. The van der Waals surface area contributed by atoms with Gasteiger partial charge in [-0.15, -0.1) is 0 Å². The van der Waals surface area contributed by atoms with Crippen molar-refractivity contribution in [2.75, 3.05) is 26.2 Å². The molecule has 1 amide bonds. The second-order valence-electron chi connectivity index (χ2n) is 7.91. The molecule has 0 aliphatic carbocycles. The molecule has 0 saturated carbocycles. The molecule has 0 aliphatic heterocycles. The van der Waals surface area contributed by atoms with Crippen LogP contribution in [-0.2, 0) is 6.54 Å². The predicted molar refractivity (Wildman–Crippen MR) is 132 cm³/mol. The van der Waals surface area contributed by atoms with E-state index in [2.05, 4.69) is 4.98 Å². The van der Waals surface area contributed by atoms with Crippen LogP contribution in [0.25, 0.3) is 10.9 Å². The van der Waals surface area contributed by atoms with Crippen LogP contribution in [-0.4, -0.2) is 32.2 Å². The Morgan fingerprint density at radius 2 is 1.56 bits per heavy atom. The molecule has 0 fully saturated rings. The third-order valence-corrected chi connectivity index (χ3v) is 5.61. The molecule has 0 radical (unpaired) electrons. The normalized spacial score (nSPS) is 10.7. The fourth-order valence-corrected chi connectivity index (χ4v) is 3.80. The highest BCUT2D eigenvalue weighted by molar-refractivity contribution is 6.06. The minimum atomic E-state index is -0.311. The highest BCUT2D eigenvalue weighted by atomic mass is 16.5. The van der Waals surface area contributed by atoms with E-state index in [1.54, 1.807) is 54.5 Å². The SMILES string of the molecule is COc1cc(OC)cc(C(=O)N(Cc2cc3cc(C)ccc3[nH]c2=O)c2cccc(OC)c2)c1. The van der Waals surface area contributed by atoms with Crippen molar-refractivity contribution in [2.45, 2.75) is 13.5 Å². The lowest BCUT2D eigenvalue weighted by Crippen LogP contribution is -2.33. The molecule has 1 heterocycles. The van der Waals surface area contributed by atoms with Crippen LogP contribution in [0, 0.1) is 6.92 Å². The van der Waals surface area contributed by atoms with Gasteiger partial charge in [-0.05, 0) is 54.8 Å². The molecule has 0 unspecified atom stereocenters. The second kappa shape index (κ2) is 9.70. The molecule has 0 bridgehead atoms. The summed E-state index contributed by atoms with van der Waals surface area (Å²) in [5, 5.41) is 0.899. The molecule has 4 aromatic rings. The van der Waals surface area contributed by atoms with Gasteiger partial charge in [0.2, 0.25) is 0 Å². The van der Waals surface area contributed by atoms with Gasteiger partial charge in [-0.3, -0.25) is 9.59 Å². The van der Waals surface area contributed by atoms with Gasteiger partial charge >= 0.3 is 0 Å². The number of aromatic amines is 1. The van der Waals surface area contributed by atoms with E-state index in [1.807, 2.05) is 31.2 Å². The van der Waals surface area contributed by atoms with Crippen LogP contribution < -0.4 is 24.7 Å². The molecule has 0 aliphatic rings. The van der Waals surface area contributed by atoms with E-state index in [0.29, 0.717) is 34.1 Å². The van der Waals surface area contributed by atoms with E-state index in [-0.39, 0.29) is 18.0 Å². The van der Waals surface area contributed by atoms with Crippen LogP contribution in [0.5, 0.6) is 17.2 Å². The highest BCUT2D eigenvalue weighted by Gasteiger charge is 2.22. The number of nitrogens with one attached hydrogen (secondary N) is 1. The van der Waals surface area contributed by atoms with Crippen LogP contribution in [0.3, 0.4) is 0 Å². The number of rotatable bonds is 7. The number of ether oxygens (including phenoxy) is 3. The summed E-state index contributed by atoms with van der Waals surface area (Å²) in [6.45, 7) is 2.05. The average molecular weight is 459 g/mol. The lowest BCUT2D eigenvalue weighted by Gasteiger charge is -2.24. The fourth-order valence-electron chi connectivity index (χ4n) is 3.80. The maximum atomic E-state index is 13.8. The zero-order valence-electron chi connectivity index (χ0n) is 19.5. The molecule has 3 aromatic carbocycles. The number of methoxy groups -OCH3 is 3. The van der Waals surface area contributed by atoms with E-state index in [9.17, 15) is 9.59 Å². The molecular formula is C27H26N2O5. The number of aromatic nitrogens is 1. The van der Waals surface area contributed by atoms with Crippen molar-refractivity contribution in [2.24, 2.45) is 0 Å². The maximum Gasteiger partial charge on any atom is 0.258 e. The van der Waals surface area contributed by atoms with E-state index in [1.165, 1.54) is 14.2 Å². The summed E-state index contributed by atoms with van der Waals surface area (Å²) in [5.74, 6) is 1.27. The quantitative estimate of drug-likeness (QED) is 0.434. The van der Waals surface area contributed by atoms with Crippen LogP contribution in [0.4, 0.5) is 5.69 Å². The number of nitrogens with zero attached hydrogens (tertiary/aromatic N) is 1. The lowest BCUT2D eigenvalue weighted by molar-refractivity contribution is 0.0984. The predicted octanol–water partition coefficient (Wildman–Crippen LogP) is 4.71. The van der Waals surface area contributed by atoms with Crippen LogP contribution in [0.15, 0.2) is 71.5 Å². The summed E-state index contributed by atoms with van der Waals surface area (Å²) >= 11 is 0. The number of hydrogen-bond donors (Lipinski definition) is 1. The Labute approximate surface area is 197 Å². The van der Waals surface area contributed by atoms with Gasteiger partial charge in [0.05, 0.1) is 27.9 Å². The van der Waals surface area contributed by atoms with Gasteiger partial charge in [0.15, 0.2) is 0 Å². The molecule has 7 heteroatoms. The zero-order chi connectivity index (χ0) is 24.2. The number of fused-ring (bicyclic) bond motifs is 1. The standard InChI is InChI=1S/C27H26N2O5/c1-17-8-9-25-18(10-17)11-20(26(30)28-25)16-29(21-6-5-7-22(14-21)32-2)27(31)19-12-23(33-3)15-24(13-19)34-4/h5-15H,16H2,1-4H3,(H,28,30). The Hall–Kier alpha value is -4.26. The van der Waals surface area contributed by atoms with Crippen molar-refractivity contribution in [3.05, 3.63) is 93.8 Å². The third kappa shape index (κ3) is 4.73. The first-order valence-corrected chi connectivity index (χ1v) is 10.7. The number of hydrogen-bond acceptors (Lipinski definition) is 5. The molecule has 4 rings (SSSR count). The fraction of sp³-hybridized carbons (Fsp3) is 0.185. The van der Waals surface area contributed by atoms with Crippen molar-refractivity contribution in [1.29, 1.82) is 0 Å². The van der Waals surface area contributed by atoms with Gasteiger partial charge < -0.3 is 24.1 Å². The number of benzene rings is 3. The molecule has 34 heavy (non-hydrogen) atoms. The van der Waals surface area contributed by atoms with Gasteiger partial charge in [-0.1, -0.05) is 17.7 Å². The summed E-state index contributed by atoms with van der Waals surface area (Å²) in [6, 6.07) is 19.8. The Bertz CT molecular complexity index is 1390. The lowest BCUT2D eigenvalue weighted by atomic mass is 10.1. The van der Waals surface area contributed by atoms with Gasteiger partial charge in [0.25, 0.3) is 11.5 Å². The van der Waals surface area contributed by atoms with Crippen molar-refractivity contribution in [3.8, 4) is 17.2 Å². The Kier molecular flexibility index (Phi) is 6.54. The van der Waals surface area contributed by atoms with Crippen LogP contribution in [0.1, 0.15) is 21.5 Å². The van der Waals surface area contributed by atoms with E-state index < -0.39 is 0 Å². The zero-order valence-corrected chi connectivity index (χ0v) is 19.5. The summed E-state index contributed by atoms with van der Waals surface area (Å²) < 4.78 is 16.0. The van der Waals surface area contributed by atoms with Gasteiger partial charge in [-0.25, -0.2) is 0 Å². The van der Waals surface area contributed by atoms with Gasteiger partial charge in [0, 0.05) is 34.5 Å². The molecule has 0 atom stereocenters. The Morgan fingerprint density at radius 3 is 2.24 bits per heavy atom. The van der Waals surface area contributed by atoms with E-state index in [4.69, 9.17) is 14.2 Å². The van der Waals surface area contributed by atoms with Crippen LogP contribution >= 0.6 is 0 Å². The van der Waals surface area contributed by atoms with Crippen molar-refractivity contribution < 1.29 is 19.0 Å². The van der Waals surface area contributed by atoms with E-state index in [0.717, 1.165) is 16.5 Å². The molecular weight excluding hydrogens is 432 g/mol. The second-order valence-corrected chi connectivity index (χ2v) is 7.91. The Balaban J connectivity index is 1.82. The largest absolute Gasteiger partial charge is 0.497 e. The number of aryl methyl sites for hydroxylation is 1. The molecule has 0 saturated heterocycles.